The third kappa shape index (κ3) is 3.43. The van der Waals surface area contributed by atoms with E-state index in [0.717, 1.165) is 5.75 Å². The number of hydrogen-bond donors (Lipinski definition) is 2. The first-order valence-corrected chi connectivity index (χ1v) is 9.36. The zero-order valence-corrected chi connectivity index (χ0v) is 16.2. The molecular formula is C17H19ClFN5OS. The van der Waals surface area contributed by atoms with Crippen molar-refractivity contribution < 1.29 is 9.18 Å². The second kappa shape index (κ2) is 6.92. The highest BCUT2D eigenvalue weighted by atomic mass is 35.5. The first kappa shape index (κ1) is 18.7. The molecule has 0 saturated carbocycles. The number of aromatic nitrogens is 2. The predicted molar refractivity (Wildman–Crippen MR) is 103 cm³/mol. The molecule has 26 heavy (non-hydrogen) atoms. The molecule has 3 N–H and O–H groups in total. The van der Waals surface area contributed by atoms with Crippen LogP contribution in [0.5, 0.6) is 0 Å². The van der Waals surface area contributed by atoms with Crippen LogP contribution in [0.25, 0.3) is 0 Å². The van der Waals surface area contributed by atoms with Crippen molar-refractivity contribution in [3.63, 3.8) is 0 Å². The van der Waals surface area contributed by atoms with Crippen molar-refractivity contribution in [3.05, 3.63) is 46.0 Å². The standard InChI is InChI=1S/C17H19ClFN5OS/c1-9-13(14(18)24(3)23-9)15(25)21-10-4-5-12(19)11(8-10)17(2)6-7-26-16(20)22-17/h4-5,8H,6-7H2,1-3H3,(H2,20,22)(H,21,25). The number of aryl methyl sites for hydroxylation is 2. The van der Waals surface area contributed by atoms with Crippen molar-refractivity contribution in [2.24, 2.45) is 17.8 Å². The number of hydrogen-bond acceptors (Lipinski definition) is 5. The van der Waals surface area contributed by atoms with Crippen molar-refractivity contribution in [2.75, 3.05) is 11.1 Å². The number of carbonyl (C=O) groups is 1. The maximum absolute atomic E-state index is 14.5. The maximum atomic E-state index is 14.5. The van der Waals surface area contributed by atoms with Gasteiger partial charge in [0.2, 0.25) is 0 Å². The largest absolute Gasteiger partial charge is 0.379 e. The van der Waals surface area contributed by atoms with Crippen LogP contribution in [0.15, 0.2) is 23.2 Å². The van der Waals surface area contributed by atoms with Crippen LogP contribution in [0.3, 0.4) is 0 Å². The number of anilines is 1. The van der Waals surface area contributed by atoms with E-state index in [4.69, 9.17) is 17.3 Å². The van der Waals surface area contributed by atoms with Crippen LogP contribution in [-0.4, -0.2) is 26.6 Å². The lowest BCUT2D eigenvalue weighted by Crippen LogP contribution is -2.29. The molecule has 6 nitrogen and oxygen atoms in total. The Kier molecular flexibility index (Phi) is 4.98. The van der Waals surface area contributed by atoms with Crippen molar-refractivity contribution >= 4 is 40.1 Å². The van der Waals surface area contributed by atoms with E-state index in [1.807, 2.05) is 6.92 Å². The van der Waals surface area contributed by atoms with Gasteiger partial charge in [-0.05, 0) is 38.5 Å². The third-order valence-electron chi connectivity index (χ3n) is 4.38. The number of rotatable bonds is 3. The summed E-state index contributed by atoms with van der Waals surface area (Å²) in [7, 11) is 1.66. The zero-order valence-electron chi connectivity index (χ0n) is 14.6. The summed E-state index contributed by atoms with van der Waals surface area (Å²) in [5, 5.41) is 7.57. The second-order valence-corrected chi connectivity index (χ2v) is 7.82. The van der Waals surface area contributed by atoms with E-state index in [0.29, 0.717) is 34.1 Å². The van der Waals surface area contributed by atoms with Gasteiger partial charge < -0.3 is 11.1 Å². The molecule has 1 aromatic heterocycles. The first-order valence-electron chi connectivity index (χ1n) is 8.00. The number of halogens is 2. The Labute approximate surface area is 160 Å². The minimum absolute atomic E-state index is 0.246. The minimum atomic E-state index is -0.762. The smallest absolute Gasteiger partial charge is 0.260 e. The molecule has 0 saturated heterocycles. The lowest BCUT2D eigenvalue weighted by atomic mass is 9.89. The molecule has 1 unspecified atom stereocenters. The zero-order chi connectivity index (χ0) is 19.1. The molecule has 2 aromatic rings. The Morgan fingerprint density at radius 1 is 1.50 bits per heavy atom. The second-order valence-electron chi connectivity index (χ2n) is 6.35. The number of nitrogens with zero attached hydrogens (tertiary/aromatic N) is 3. The number of benzene rings is 1. The molecule has 1 amide bonds. The van der Waals surface area contributed by atoms with Crippen LogP contribution in [0.2, 0.25) is 5.15 Å². The number of aliphatic imine (C=N–C) groups is 1. The number of thioether (sulfide) groups is 1. The summed E-state index contributed by atoms with van der Waals surface area (Å²) in [5.41, 5.74) is 6.73. The summed E-state index contributed by atoms with van der Waals surface area (Å²) in [6.07, 6.45) is 0.653. The van der Waals surface area contributed by atoms with Gasteiger partial charge in [0.25, 0.3) is 5.91 Å². The molecule has 0 radical (unpaired) electrons. The summed E-state index contributed by atoms with van der Waals surface area (Å²) < 4.78 is 15.9. The van der Waals surface area contributed by atoms with Crippen molar-refractivity contribution in [3.8, 4) is 0 Å². The van der Waals surface area contributed by atoms with E-state index in [1.165, 1.54) is 28.6 Å². The summed E-state index contributed by atoms with van der Waals surface area (Å²) in [4.78, 5) is 17.0. The van der Waals surface area contributed by atoms with E-state index in [9.17, 15) is 9.18 Å². The monoisotopic (exact) mass is 395 g/mol. The quantitative estimate of drug-likeness (QED) is 0.833. The van der Waals surface area contributed by atoms with Crippen LogP contribution in [0.4, 0.5) is 10.1 Å². The molecule has 0 aliphatic carbocycles. The van der Waals surface area contributed by atoms with Crippen molar-refractivity contribution in [2.45, 2.75) is 25.8 Å². The summed E-state index contributed by atoms with van der Waals surface area (Å²) in [6, 6.07) is 4.42. The molecule has 138 valence electrons. The lowest BCUT2D eigenvalue weighted by molar-refractivity contribution is 0.102. The lowest BCUT2D eigenvalue weighted by Gasteiger charge is -2.30. The van der Waals surface area contributed by atoms with Gasteiger partial charge in [-0.1, -0.05) is 23.4 Å². The molecule has 1 aliphatic heterocycles. The van der Waals surface area contributed by atoms with E-state index in [1.54, 1.807) is 20.0 Å². The fraction of sp³-hybridized carbons (Fsp3) is 0.353. The Bertz CT molecular complexity index is 913. The van der Waals surface area contributed by atoms with Crippen LogP contribution < -0.4 is 11.1 Å². The average Bonchev–Trinajstić information content (AvgIpc) is 2.81. The van der Waals surface area contributed by atoms with Gasteiger partial charge in [-0.25, -0.2) is 4.39 Å². The fourth-order valence-electron chi connectivity index (χ4n) is 2.98. The van der Waals surface area contributed by atoms with Gasteiger partial charge in [-0.3, -0.25) is 14.5 Å². The number of nitrogens with one attached hydrogen (secondary N) is 1. The molecule has 9 heteroatoms. The molecule has 0 fully saturated rings. The van der Waals surface area contributed by atoms with E-state index < -0.39 is 11.4 Å². The van der Waals surface area contributed by atoms with E-state index in [-0.39, 0.29) is 11.0 Å². The number of nitrogens with two attached hydrogens (primary N) is 1. The summed E-state index contributed by atoms with van der Waals surface area (Å²) in [6.45, 7) is 3.54. The SMILES string of the molecule is Cc1nn(C)c(Cl)c1C(=O)Nc1ccc(F)c(C2(C)CCSC(N)=N2)c1. The molecule has 1 aromatic carbocycles. The van der Waals surface area contributed by atoms with Gasteiger partial charge in [-0.15, -0.1) is 0 Å². The van der Waals surface area contributed by atoms with Crippen LogP contribution >= 0.6 is 23.4 Å². The third-order valence-corrected chi connectivity index (χ3v) is 5.61. The van der Waals surface area contributed by atoms with E-state index >= 15 is 0 Å². The topological polar surface area (TPSA) is 85.3 Å². The Balaban J connectivity index is 1.93. The molecule has 0 spiro atoms. The van der Waals surface area contributed by atoms with Gasteiger partial charge in [0.15, 0.2) is 5.17 Å². The van der Waals surface area contributed by atoms with Crippen molar-refractivity contribution in [1.29, 1.82) is 0 Å². The van der Waals surface area contributed by atoms with Gasteiger partial charge in [0.1, 0.15) is 11.0 Å². The van der Waals surface area contributed by atoms with Gasteiger partial charge in [0.05, 0.1) is 16.8 Å². The van der Waals surface area contributed by atoms with E-state index in [2.05, 4.69) is 15.4 Å². The van der Waals surface area contributed by atoms with Crippen LogP contribution in [-0.2, 0) is 12.6 Å². The van der Waals surface area contributed by atoms with Crippen LogP contribution in [0.1, 0.15) is 35.0 Å². The number of amides is 1. The highest BCUT2D eigenvalue weighted by Crippen LogP contribution is 2.37. The molecule has 3 rings (SSSR count). The summed E-state index contributed by atoms with van der Waals surface area (Å²) >= 11 is 7.59. The molecule has 0 bridgehead atoms. The predicted octanol–water partition coefficient (Wildman–Crippen LogP) is 3.44. The maximum Gasteiger partial charge on any atom is 0.260 e. The molecule has 2 heterocycles. The Morgan fingerprint density at radius 2 is 2.23 bits per heavy atom. The summed E-state index contributed by atoms with van der Waals surface area (Å²) in [5.74, 6) is -0.0260. The Hall–Kier alpha value is -2.06. The highest BCUT2D eigenvalue weighted by molar-refractivity contribution is 8.13. The Morgan fingerprint density at radius 3 is 2.85 bits per heavy atom. The van der Waals surface area contributed by atoms with Gasteiger partial charge >= 0.3 is 0 Å². The normalized spacial score (nSPS) is 20.0. The van der Waals surface area contributed by atoms with Gasteiger partial charge in [-0.2, -0.15) is 5.10 Å². The molecule has 1 aliphatic rings. The van der Waals surface area contributed by atoms with Crippen molar-refractivity contribution in [1.82, 2.24) is 9.78 Å². The number of amidine groups is 1. The first-order chi connectivity index (χ1) is 12.2. The fourth-order valence-corrected chi connectivity index (χ4v) is 4.21. The van der Waals surface area contributed by atoms with Crippen LogP contribution in [0, 0.1) is 12.7 Å². The highest BCUT2D eigenvalue weighted by Gasteiger charge is 2.32. The number of carbonyl (C=O) groups excluding carboxylic acids is 1. The minimum Gasteiger partial charge on any atom is -0.379 e. The molecular weight excluding hydrogens is 377 g/mol. The molecule has 1 atom stereocenters. The average molecular weight is 396 g/mol. The van der Waals surface area contributed by atoms with Gasteiger partial charge in [0, 0.05) is 24.1 Å².